The zero-order chi connectivity index (χ0) is 11.8. The minimum absolute atomic E-state index is 0.155. The summed E-state index contributed by atoms with van der Waals surface area (Å²) in [6, 6.07) is 0. The summed E-state index contributed by atoms with van der Waals surface area (Å²) in [5.74, 6) is 0. The fourth-order valence-electron chi connectivity index (χ4n) is 3.70. The molecule has 1 heterocycles. The lowest BCUT2D eigenvalue weighted by atomic mass is 9.74. The third-order valence-corrected chi connectivity index (χ3v) is 4.41. The number of rotatable bonds is 0. The third kappa shape index (κ3) is 2.13. The molecule has 1 spiro atoms. The number of nitrogens with zero attached hydrogens (tertiary/aromatic N) is 1. The maximum atomic E-state index is 10.5. The molecule has 1 saturated heterocycles. The SMILES string of the molecule is CC1(C)CC(O)CC2(CCCCCC2)N1O. The van der Waals surface area contributed by atoms with E-state index in [0.717, 1.165) is 19.3 Å². The molecule has 2 rings (SSSR count). The van der Waals surface area contributed by atoms with Crippen LogP contribution in [0.5, 0.6) is 0 Å². The molecule has 0 amide bonds. The molecule has 2 aliphatic rings. The van der Waals surface area contributed by atoms with Gasteiger partial charge in [-0.2, -0.15) is 5.06 Å². The van der Waals surface area contributed by atoms with Gasteiger partial charge in [-0.05, 0) is 39.5 Å². The Morgan fingerprint density at radius 3 is 2.12 bits per heavy atom. The second-order valence-electron chi connectivity index (χ2n) is 6.32. The summed E-state index contributed by atoms with van der Waals surface area (Å²) in [7, 11) is 0. The first kappa shape index (κ1) is 12.3. The molecule has 0 bridgehead atoms. The van der Waals surface area contributed by atoms with E-state index >= 15 is 0 Å². The smallest absolute Gasteiger partial charge is 0.0577 e. The fourth-order valence-corrected chi connectivity index (χ4v) is 3.70. The molecule has 1 aliphatic carbocycles. The summed E-state index contributed by atoms with van der Waals surface area (Å²) >= 11 is 0. The molecule has 2 N–H and O–H groups in total. The standard InChI is InChI=1S/C13H25NO2/c1-12(2)9-11(15)10-13(14(12)16)7-5-3-4-6-8-13/h11,15-16H,3-10H2,1-2H3. The topological polar surface area (TPSA) is 43.7 Å². The van der Waals surface area contributed by atoms with Gasteiger partial charge < -0.3 is 10.3 Å². The van der Waals surface area contributed by atoms with Crippen molar-refractivity contribution >= 4 is 0 Å². The first-order valence-corrected chi connectivity index (χ1v) is 6.64. The van der Waals surface area contributed by atoms with Crippen LogP contribution in [0.3, 0.4) is 0 Å². The Morgan fingerprint density at radius 2 is 1.56 bits per heavy atom. The summed E-state index contributed by atoms with van der Waals surface area (Å²) in [6.45, 7) is 4.06. The maximum absolute atomic E-state index is 10.5. The summed E-state index contributed by atoms with van der Waals surface area (Å²) in [6.07, 6.45) is 8.13. The third-order valence-electron chi connectivity index (χ3n) is 4.41. The van der Waals surface area contributed by atoms with Crippen LogP contribution < -0.4 is 0 Å². The van der Waals surface area contributed by atoms with Crippen molar-refractivity contribution in [3.05, 3.63) is 0 Å². The average molecular weight is 227 g/mol. The van der Waals surface area contributed by atoms with Crippen molar-refractivity contribution in [1.29, 1.82) is 0 Å². The number of aliphatic hydroxyl groups excluding tert-OH is 1. The quantitative estimate of drug-likeness (QED) is 0.668. The Labute approximate surface area is 98.4 Å². The molecular weight excluding hydrogens is 202 g/mol. The highest BCUT2D eigenvalue weighted by Crippen LogP contribution is 2.44. The number of aliphatic hydroxyl groups is 1. The number of hydrogen-bond donors (Lipinski definition) is 2. The first-order valence-electron chi connectivity index (χ1n) is 6.64. The van der Waals surface area contributed by atoms with Gasteiger partial charge in [0.05, 0.1) is 6.10 Å². The molecular formula is C13H25NO2. The fraction of sp³-hybridized carbons (Fsp3) is 1.00. The van der Waals surface area contributed by atoms with E-state index in [-0.39, 0.29) is 17.2 Å². The van der Waals surface area contributed by atoms with Crippen molar-refractivity contribution in [2.24, 2.45) is 0 Å². The maximum Gasteiger partial charge on any atom is 0.0577 e. The van der Waals surface area contributed by atoms with Crippen LogP contribution in [0.1, 0.15) is 65.2 Å². The monoisotopic (exact) mass is 227 g/mol. The van der Waals surface area contributed by atoms with Gasteiger partial charge in [-0.3, -0.25) is 0 Å². The van der Waals surface area contributed by atoms with Crippen molar-refractivity contribution in [3.8, 4) is 0 Å². The van der Waals surface area contributed by atoms with E-state index in [1.54, 1.807) is 5.06 Å². The Bertz CT molecular complexity index is 244. The second-order valence-corrected chi connectivity index (χ2v) is 6.32. The second kappa shape index (κ2) is 4.28. The van der Waals surface area contributed by atoms with Crippen molar-refractivity contribution in [2.45, 2.75) is 82.4 Å². The summed E-state index contributed by atoms with van der Waals surface area (Å²) in [4.78, 5) is 0. The van der Waals surface area contributed by atoms with Crippen LogP contribution in [0.25, 0.3) is 0 Å². The van der Waals surface area contributed by atoms with Crippen molar-refractivity contribution in [2.75, 3.05) is 0 Å². The number of piperidine rings is 1. The molecule has 1 aliphatic heterocycles. The Balaban J connectivity index is 2.22. The Morgan fingerprint density at radius 1 is 1.00 bits per heavy atom. The van der Waals surface area contributed by atoms with Gasteiger partial charge in [0.2, 0.25) is 0 Å². The van der Waals surface area contributed by atoms with Crippen LogP contribution in [-0.2, 0) is 0 Å². The van der Waals surface area contributed by atoms with Crippen LogP contribution in [0.4, 0.5) is 0 Å². The van der Waals surface area contributed by atoms with E-state index in [4.69, 9.17) is 0 Å². The lowest BCUT2D eigenvalue weighted by Gasteiger charge is -2.53. The van der Waals surface area contributed by atoms with Crippen LogP contribution in [0.2, 0.25) is 0 Å². The van der Waals surface area contributed by atoms with Crippen molar-refractivity contribution in [1.82, 2.24) is 5.06 Å². The van der Waals surface area contributed by atoms with E-state index in [0.29, 0.717) is 6.42 Å². The molecule has 3 nitrogen and oxygen atoms in total. The normalized spacial score (nSPS) is 34.9. The van der Waals surface area contributed by atoms with Crippen LogP contribution in [0, 0.1) is 0 Å². The molecule has 1 saturated carbocycles. The minimum atomic E-state index is -0.290. The molecule has 2 fully saturated rings. The molecule has 1 unspecified atom stereocenters. The number of hydroxylamine groups is 2. The van der Waals surface area contributed by atoms with Crippen molar-refractivity contribution < 1.29 is 10.3 Å². The van der Waals surface area contributed by atoms with E-state index in [2.05, 4.69) is 0 Å². The van der Waals surface area contributed by atoms with Gasteiger partial charge in [-0.1, -0.05) is 25.7 Å². The van der Waals surface area contributed by atoms with Gasteiger partial charge in [0.1, 0.15) is 0 Å². The zero-order valence-electron chi connectivity index (χ0n) is 10.6. The van der Waals surface area contributed by atoms with Gasteiger partial charge in [0, 0.05) is 11.1 Å². The predicted octanol–water partition coefficient (Wildman–Crippen LogP) is 2.70. The molecule has 0 aromatic rings. The molecule has 0 radical (unpaired) electrons. The Kier molecular flexibility index (Phi) is 3.30. The van der Waals surface area contributed by atoms with Gasteiger partial charge in [-0.25, -0.2) is 0 Å². The lowest BCUT2D eigenvalue weighted by Crippen LogP contribution is -2.62. The minimum Gasteiger partial charge on any atom is -0.393 e. The van der Waals surface area contributed by atoms with Crippen molar-refractivity contribution in [3.63, 3.8) is 0 Å². The Hall–Kier alpha value is -0.120. The lowest BCUT2D eigenvalue weighted by molar-refractivity contribution is -0.271. The predicted molar refractivity (Wildman–Crippen MR) is 63.4 cm³/mol. The van der Waals surface area contributed by atoms with Gasteiger partial charge >= 0.3 is 0 Å². The highest BCUT2D eigenvalue weighted by molar-refractivity contribution is 5.01. The molecule has 94 valence electrons. The summed E-state index contributed by atoms with van der Waals surface area (Å²) in [5.41, 5.74) is -0.445. The van der Waals surface area contributed by atoms with E-state index in [1.807, 2.05) is 13.8 Å². The van der Waals surface area contributed by atoms with Crippen LogP contribution in [0.15, 0.2) is 0 Å². The zero-order valence-corrected chi connectivity index (χ0v) is 10.6. The average Bonchev–Trinajstić information content (AvgIpc) is 2.40. The number of hydrogen-bond acceptors (Lipinski definition) is 3. The van der Waals surface area contributed by atoms with Gasteiger partial charge in [0.15, 0.2) is 0 Å². The highest BCUT2D eigenvalue weighted by atomic mass is 16.5. The van der Waals surface area contributed by atoms with E-state index in [1.165, 1.54) is 25.7 Å². The largest absolute Gasteiger partial charge is 0.393 e. The van der Waals surface area contributed by atoms with E-state index in [9.17, 15) is 10.3 Å². The van der Waals surface area contributed by atoms with E-state index < -0.39 is 0 Å². The molecule has 0 aromatic heterocycles. The molecule has 3 heteroatoms. The summed E-state index contributed by atoms with van der Waals surface area (Å²) in [5, 5.41) is 22.1. The molecule has 16 heavy (non-hydrogen) atoms. The molecule has 1 atom stereocenters. The van der Waals surface area contributed by atoms with Gasteiger partial charge in [-0.15, -0.1) is 0 Å². The van der Waals surface area contributed by atoms with Crippen LogP contribution >= 0.6 is 0 Å². The summed E-state index contributed by atoms with van der Waals surface area (Å²) < 4.78 is 0. The van der Waals surface area contributed by atoms with Crippen LogP contribution in [-0.4, -0.2) is 32.6 Å². The molecule has 0 aromatic carbocycles. The first-order chi connectivity index (χ1) is 7.46. The highest BCUT2D eigenvalue weighted by Gasteiger charge is 2.49. The van der Waals surface area contributed by atoms with Gasteiger partial charge in [0.25, 0.3) is 0 Å².